The number of rotatable bonds is 1. The predicted octanol–water partition coefficient (Wildman–Crippen LogP) is 0.542. The number of likely N-dealkylation sites (N-methyl/N-ethyl adjacent to an activating group) is 1. The lowest BCUT2D eigenvalue weighted by Gasteiger charge is -2.27. The van der Waals surface area contributed by atoms with E-state index in [-0.39, 0.29) is 6.04 Å². The molecule has 0 radical (unpaired) electrons. The molecule has 0 N–H and O–H groups in total. The maximum Gasteiger partial charge on any atom is 0.147 e. The molecule has 2 rings (SSSR count). The molecule has 3 nitrogen and oxygen atoms in total. The highest BCUT2D eigenvalue weighted by atomic mass is 16.5. The number of likely N-dealkylation sites (tertiary alicyclic amines) is 1. The summed E-state index contributed by atoms with van der Waals surface area (Å²) >= 11 is 0. The van der Waals surface area contributed by atoms with Crippen LogP contribution in [0, 0.1) is 11.8 Å². The number of ketones is 1. The molecule has 0 saturated carbocycles. The van der Waals surface area contributed by atoms with E-state index in [0.29, 0.717) is 17.6 Å². The molecule has 2 saturated heterocycles. The monoisotopic (exact) mass is 183 g/mol. The van der Waals surface area contributed by atoms with Crippen molar-refractivity contribution in [3.63, 3.8) is 0 Å². The molecule has 0 aromatic carbocycles. The third-order valence-electron chi connectivity index (χ3n) is 3.37. The fraction of sp³-hybridized carbons (Fsp3) is 0.900. The summed E-state index contributed by atoms with van der Waals surface area (Å²) in [6, 6.07) is 0.116. The van der Waals surface area contributed by atoms with Gasteiger partial charge in [0.1, 0.15) is 5.78 Å². The second-order valence-corrected chi connectivity index (χ2v) is 4.28. The SMILES string of the molecule is CC(=O)C1C2COCCC2CN1C. The quantitative estimate of drug-likeness (QED) is 0.594. The Bertz CT molecular complexity index is 217. The number of fused-ring (bicyclic) bond motifs is 1. The Kier molecular flexibility index (Phi) is 2.39. The first kappa shape index (κ1) is 9.16. The van der Waals surface area contributed by atoms with Gasteiger partial charge in [0.15, 0.2) is 0 Å². The van der Waals surface area contributed by atoms with Crippen LogP contribution in [0.2, 0.25) is 0 Å². The summed E-state index contributed by atoms with van der Waals surface area (Å²) in [5, 5.41) is 0. The van der Waals surface area contributed by atoms with E-state index in [0.717, 1.165) is 26.2 Å². The maximum atomic E-state index is 11.4. The van der Waals surface area contributed by atoms with Gasteiger partial charge >= 0.3 is 0 Å². The van der Waals surface area contributed by atoms with E-state index in [1.165, 1.54) is 0 Å². The first-order chi connectivity index (χ1) is 6.20. The van der Waals surface area contributed by atoms with Crippen LogP contribution in [0.4, 0.5) is 0 Å². The number of hydrogen-bond acceptors (Lipinski definition) is 3. The lowest BCUT2D eigenvalue weighted by molar-refractivity contribution is -0.123. The van der Waals surface area contributed by atoms with E-state index < -0.39 is 0 Å². The van der Waals surface area contributed by atoms with Crippen LogP contribution >= 0.6 is 0 Å². The first-order valence-electron chi connectivity index (χ1n) is 4.98. The molecular weight excluding hydrogens is 166 g/mol. The largest absolute Gasteiger partial charge is 0.381 e. The predicted molar refractivity (Wildman–Crippen MR) is 49.5 cm³/mol. The van der Waals surface area contributed by atoms with Gasteiger partial charge in [-0.3, -0.25) is 9.69 Å². The van der Waals surface area contributed by atoms with Crippen molar-refractivity contribution >= 4 is 5.78 Å². The number of hydrogen-bond donors (Lipinski definition) is 0. The minimum absolute atomic E-state index is 0.116. The second-order valence-electron chi connectivity index (χ2n) is 4.28. The van der Waals surface area contributed by atoms with Gasteiger partial charge in [0, 0.05) is 19.1 Å². The first-order valence-corrected chi connectivity index (χ1v) is 4.98. The Morgan fingerprint density at radius 3 is 3.00 bits per heavy atom. The van der Waals surface area contributed by atoms with Crippen molar-refractivity contribution in [1.29, 1.82) is 0 Å². The van der Waals surface area contributed by atoms with Gasteiger partial charge < -0.3 is 4.74 Å². The number of ether oxygens (including phenoxy) is 1. The van der Waals surface area contributed by atoms with E-state index in [2.05, 4.69) is 4.90 Å². The lowest BCUT2D eigenvalue weighted by Crippen LogP contribution is -2.39. The summed E-state index contributed by atoms with van der Waals surface area (Å²) < 4.78 is 5.43. The molecule has 2 fully saturated rings. The summed E-state index contributed by atoms with van der Waals surface area (Å²) in [5.74, 6) is 1.43. The van der Waals surface area contributed by atoms with E-state index in [9.17, 15) is 4.79 Å². The van der Waals surface area contributed by atoms with Crippen LogP contribution in [0.3, 0.4) is 0 Å². The van der Waals surface area contributed by atoms with Gasteiger partial charge in [0.05, 0.1) is 12.6 Å². The van der Waals surface area contributed by atoms with E-state index >= 15 is 0 Å². The molecular formula is C10H17NO2. The van der Waals surface area contributed by atoms with Gasteiger partial charge in [-0.1, -0.05) is 0 Å². The number of carbonyl (C=O) groups excluding carboxylic acids is 1. The van der Waals surface area contributed by atoms with Gasteiger partial charge in [-0.2, -0.15) is 0 Å². The molecule has 13 heavy (non-hydrogen) atoms. The van der Waals surface area contributed by atoms with E-state index in [1.807, 2.05) is 7.05 Å². The molecule has 0 spiro atoms. The summed E-state index contributed by atoms with van der Waals surface area (Å²) in [5.41, 5.74) is 0. The third-order valence-corrected chi connectivity index (χ3v) is 3.37. The molecule has 0 aliphatic carbocycles. The fourth-order valence-corrected chi connectivity index (χ4v) is 2.80. The van der Waals surface area contributed by atoms with E-state index in [4.69, 9.17) is 4.74 Å². The van der Waals surface area contributed by atoms with Crippen LogP contribution in [0.1, 0.15) is 13.3 Å². The average molecular weight is 183 g/mol. The highest BCUT2D eigenvalue weighted by Gasteiger charge is 2.43. The van der Waals surface area contributed by atoms with Crippen molar-refractivity contribution < 1.29 is 9.53 Å². The Hall–Kier alpha value is -0.410. The molecule has 3 heteroatoms. The molecule has 3 unspecified atom stereocenters. The molecule has 2 heterocycles. The van der Waals surface area contributed by atoms with E-state index in [1.54, 1.807) is 6.92 Å². The van der Waals surface area contributed by atoms with Crippen molar-refractivity contribution in [3.8, 4) is 0 Å². The zero-order chi connectivity index (χ0) is 9.42. The smallest absolute Gasteiger partial charge is 0.147 e. The zero-order valence-corrected chi connectivity index (χ0v) is 8.32. The topological polar surface area (TPSA) is 29.5 Å². The summed E-state index contributed by atoms with van der Waals surface area (Å²) in [6.07, 6.45) is 1.12. The number of Topliss-reactive ketones (excluding diaryl/α,β-unsaturated/α-hetero) is 1. The van der Waals surface area contributed by atoms with Gasteiger partial charge in [-0.05, 0) is 26.3 Å². The number of carbonyl (C=O) groups is 1. The lowest BCUT2D eigenvalue weighted by atomic mass is 9.86. The second kappa shape index (κ2) is 3.39. The minimum atomic E-state index is 0.116. The van der Waals surface area contributed by atoms with Gasteiger partial charge in [0.2, 0.25) is 0 Å². The van der Waals surface area contributed by atoms with Gasteiger partial charge in [-0.15, -0.1) is 0 Å². The fourth-order valence-electron chi connectivity index (χ4n) is 2.80. The maximum absolute atomic E-state index is 11.4. The van der Waals surface area contributed by atoms with Crippen molar-refractivity contribution in [2.45, 2.75) is 19.4 Å². The molecule has 0 amide bonds. The van der Waals surface area contributed by atoms with Gasteiger partial charge in [0.25, 0.3) is 0 Å². The normalized spacial score (nSPS) is 40.3. The standard InChI is InChI=1S/C10H17NO2/c1-7(12)10-9-6-13-4-3-8(9)5-11(10)2/h8-10H,3-6H2,1-2H3. The highest BCUT2D eigenvalue weighted by Crippen LogP contribution is 2.34. The molecule has 0 aromatic heterocycles. The highest BCUT2D eigenvalue weighted by molar-refractivity contribution is 5.82. The Morgan fingerprint density at radius 1 is 1.54 bits per heavy atom. The summed E-state index contributed by atoms with van der Waals surface area (Å²) in [4.78, 5) is 13.6. The third kappa shape index (κ3) is 1.51. The molecule has 0 bridgehead atoms. The molecule has 74 valence electrons. The molecule has 0 aromatic rings. The van der Waals surface area contributed by atoms with Crippen LogP contribution in [-0.4, -0.2) is 43.5 Å². The Balaban J connectivity index is 2.13. The van der Waals surface area contributed by atoms with Crippen molar-refractivity contribution in [2.75, 3.05) is 26.8 Å². The van der Waals surface area contributed by atoms with Crippen molar-refractivity contribution in [2.24, 2.45) is 11.8 Å². The van der Waals surface area contributed by atoms with Crippen LogP contribution in [-0.2, 0) is 9.53 Å². The Labute approximate surface area is 79.0 Å². The van der Waals surface area contributed by atoms with Crippen molar-refractivity contribution in [3.05, 3.63) is 0 Å². The Morgan fingerprint density at radius 2 is 2.31 bits per heavy atom. The van der Waals surface area contributed by atoms with Crippen LogP contribution in [0.15, 0.2) is 0 Å². The van der Waals surface area contributed by atoms with Crippen LogP contribution < -0.4 is 0 Å². The van der Waals surface area contributed by atoms with Crippen LogP contribution in [0.5, 0.6) is 0 Å². The zero-order valence-electron chi connectivity index (χ0n) is 8.32. The van der Waals surface area contributed by atoms with Crippen LogP contribution in [0.25, 0.3) is 0 Å². The number of nitrogens with zero attached hydrogens (tertiary/aromatic N) is 1. The molecule has 3 atom stereocenters. The molecule has 2 aliphatic rings. The summed E-state index contributed by atoms with van der Waals surface area (Å²) in [6.45, 7) is 4.41. The minimum Gasteiger partial charge on any atom is -0.381 e. The average Bonchev–Trinajstić information content (AvgIpc) is 2.39. The molecule has 2 aliphatic heterocycles. The van der Waals surface area contributed by atoms with Gasteiger partial charge in [-0.25, -0.2) is 0 Å². The summed E-state index contributed by atoms with van der Waals surface area (Å²) in [7, 11) is 2.05. The van der Waals surface area contributed by atoms with Crippen molar-refractivity contribution in [1.82, 2.24) is 4.90 Å².